The van der Waals surface area contributed by atoms with Gasteiger partial charge in [-0.05, 0) is 17.5 Å². The van der Waals surface area contributed by atoms with Gasteiger partial charge in [0.25, 0.3) is 0 Å². The van der Waals surface area contributed by atoms with Crippen LogP contribution in [0.2, 0.25) is 0 Å². The summed E-state index contributed by atoms with van der Waals surface area (Å²) in [5.41, 5.74) is 3.00. The van der Waals surface area contributed by atoms with E-state index < -0.39 is 0 Å². The summed E-state index contributed by atoms with van der Waals surface area (Å²) in [4.78, 5) is 4.22. The number of ether oxygens (including phenoxy) is 1. The molecule has 1 N–H and O–H groups in total. The standard InChI is InChI=1S/C16H16N2O2/c1-20-16-13(6-3-8-17-16)10-18-9-7-12-4-2-5-14(11-19)15(12)18/h2-9,19H,10-11H2,1H3. The zero-order valence-corrected chi connectivity index (χ0v) is 11.3. The number of aliphatic hydroxyl groups excluding tert-OH is 1. The summed E-state index contributed by atoms with van der Waals surface area (Å²) in [7, 11) is 1.62. The Morgan fingerprint density at radius 2 is 2.00 bits per heavy atom. The van der Waals surface area contributed by atoms with Crippen molar-refractivity contribution in [3.63, 3.8) is 0 Å². The molecule has 0 radical (unpaired) electrons. The quantitative estimate of drug-likeness (QED) is 0.791. The van der Waals surface area contributed by atoms with E-state index in [4.69, 9.17) is 4.74 Å². The molecule has 2 heterocycles. The van der Waals surface area contributed by atoms with Gasteiger partial charge in [0.05, 0.1) is 25.8 Å². The number of fused-ring (bicyclic) bond motifs is 1. The van der Waals surface area contributed by atoms with Crippen LogP contribution in [0.15, 0.2) is 48.8 Å². The zero-order chi connectivity index (χ0) is 13.9. The molecule has 1 aromatic carbocycles. The monoisotopic (exact) mass is 268 g/mol. The minimum Gasteiger partial charge on any atom is -0.481 e. The van der Waals surface area contributed by atoms with Crippen LogP contribution in [0.4, 0.5) is 0 Å². The van der Waals surface area contributed by atoms with Gasteiger partial charge in [-0.25, -0.2) is 4.98 Å². The van der Waals surface area contributed by atoms with Crippen LogP contribution in [-0.2, 0) is 13.2 Å². The fraction of sp³-hybridized carbons (Fsp3) is 0.188. The fourth-order valence-electron chi connectivity index (χ4n) is 2.51. The minimum absolute atomic E-state index is 0.0333. The summed E-state index contributed by atoms with van der Waals surface area (Å²) < 4.78 is 7.40. The Kier molecular flexibility index (Phi) is 3.39. The van der Waals surface area contributed by atoms with Crippen molar-refractivity contribution < 1.29 is 9.84 Å². The number of pyridine rings is 1. The number of aromatic nitrogens is 2. The van der Waals surface area contributed by atoms with Gasteiger partial charge < -0.3 is 14.4 Å². The SMILES string of the molecule is COc1ncccc1Cn1ccc2cccc(CO)c21. The van der Waals surface area contributed by atoms with Crippen LogP contribution in [0.25, 0.3) is 10.9 Å². The van der Waals surface area contributed by atoms with E-state index in [1.807, 2.05) is 36.5 Å². The van der Waals surface area contributed by atoms with E-state index in [0.717, 1.165) is 22.0 Å². The normalized spacial score (nSPS) is 10.9. The molecule has 0 aliphatic heterocycles. The predicted octanol–water partition coefficient (Wildman–Crippen LogP) is 2.59. The van der Waals surface area contributed by atoms with Gasteiger partial charge in [-0.1, -0.05) is 24.3 Å². The van der Waals surface area contributed by atoms with E-state index in [-0.39, 0.29) is 6.61 Å². The van der Waals surface area contributed by atoms with Gasteiger partial charge in [0, 0.05) is 23.5 Å². The van der Waals surface area contributed by atoms with E-state index in [2.05, 4.69) is 15.6 Å². The summed E-state index contributed by atoms with van der Waals surface area (Å²) in [6.45, 7) is 0.697. The maximum absolute atomic E-state index is 9.49. The molecule has 0 saturated carbocycles. The number of aliphatic hydroxyl groups is 1. The van der Waals surface area contributed by atoms with Crippen molar-refractivity contribution >= 4 is 10.9 Å². The predicted molar refractivity (Wildman–Crippen MR) is 77.8 cm³/mol. The lowest BCUT2D eigenvalue weighted by atomic mass is 10.1. The van der Waals surface area contributed by atoms with Crippen molar-refractivity contribution in [2.45, 2.75) is 13.2 Å². The molecule has 20 heavy (non-hydrogen) atoms. The largest absolute Gasteiger partial charge is 0.481 e. The number of benzene rings is 1. The summed E-state index contributed by atoms with van der Waals surface area (Å²) in [5.74, 6) is 0.635. The molecule has 3 rings (SSSR count). The maximum atomic E-state index is 9.49. The van der Waals surface area contributed by atoms with Crippen LogP contribution in [0.1, 0.15) is 11.1 Å². The Bertz CT molecular complexity index is 734. The molecular weight excluding hydrogens is 252 g/mol. The minimum atomic E-state index is 0.0333. The number of para-hydroxylation sites is 1. The molecule has 0 spiro atoms. The highest BCUT2D eigenvalue weighted by atomic mass is 16.5. The van der Waals surface area contributed by atoms with Crippen molar-refractivity contribution in [2.24, 2.45) is 0 Å². The second kappa shape index (κ2) is 5.35. The average molecular weight is 268 g/mol. The van der Waals surface area contributed by atoms with Crippen LogP contribution >= 0.6 is 0 Å². The number of hydrogen-bond acceptors (Lipinski definition) is 3. The lowest BCUT2D eigenvalue weighted by Crippen LogP contribution is -2.03. The highest BCUT2D eigenvalue weighted by Crippen LogP contribution is 2.23. The van der Waals surface area contributed by atoms with Gasteiger partial charge in [-0.2, -0.15) is 0 Å². The van der Waals surface area contributed by atoms with Crippen LogP contribution in [-0.4, -0.2) is 21.8 Å². The average Bonchev–Trinajstić information content (AvgIpc) is 2.91. The Balaban J connectivity index is 2.07. The van der Waals surface area contributed by atoms with Crippen molar-refractivity contribution in [3.8, 4) is 5.88 Å². The molecule has 0 saturated heterocycles. The summed E-state index contributed by atoms with van der Waals surface area (Å²) >= 11 is 0. The van der Waals surface area contributed by atoms with Gasteiger partial charge in [-0.3, -0.25) is 0 Å². The molecule has 0 bridgehead atoms. The Morgan fingerprint density at radius 1 is 1.15 bits per heavy atom. The number of hydrogen-bond donors (Lipinski definition) is 1. The van der Waals surface area contributed by atoms with Gasteiger partial charge in [0.1, 0.15) is 0 Å². The first-order valence-corrected chi connectivity index (χ1v) is 6.49. The summed E-state index contributed by atoms with van der Waals surface area (Å²) in [6, 6.07) is 11.9. The van der Waals surface area contributed by atoms with Crippen LogP contribution in [0.5, 0.6) is 5.88 Å². The molecule has 0 atom stereocenters. The highest BCUT2D eigenvalue weighted by molar-refractivity contribution is 5.83. The molecule has 0 aliphatic rings. The Morgan fingerprint density at radius 3 is 2.80 bits per heavy atom. The van der Waals surface area contributed by atoms with Gasteiger partial charge in [0.15, 0.2) is 0 Å². The topological polar surface area (TPSA) is 47.3 Å². The van der Waals surface area contributed by atoms with E-state index >= 15 is 0 Å². The second-order valence-electron chi connectivity index (χ2n) is 4.63. The Labute approximate surface area is 117 Å². The molecule has 0 aliphatic carbocycles. The van der Waals surface area contributed by atoms with E-state index in [1.54, 1.807) is 13.3 Å². The second-order valence-corrected chi connectivity index (χ2v) is 4.63. The fourth-order valence-corrected chi connectivity index (χ4v) is 2.51. The lowest BCUT2D eigenvalue weighted by molar-refractivity contribution is 0.283. The number of nitrogens with zero attached hydrogens (tertiary/aromatic N) is 2. The third kappa shape index (κ3) is 2.14. The van der Waals surface area contributed by atoms with E-state index in [1.165, 1.54) is 0 Å². The number of rotatable bonds is 4. The molecule has 0 amide bonds. The van der Waals surface area contributed by atoms with Crippen molar-refractivity contribution in [3.05, 3.63) is 59.9 Å². The van der Waals surface area contributed by atoms with Crippen LogP contribution in [0, 0.1) is 0 Å². The lowest BCUT2D eigenvalue weighted by Gasteiger charge is -2.11. The molecule has 4 nitrogen and oxygen atoms in total. The number of methoxy groups -OCH3 is 1. The molecule has 0 fully saturated rings. The molecule has 2 aromatic heterocycles. The van der Waals surface area contributed by atoms with E-state index in [9.17, 15) is 5.11 Å². The summed E-state index contributed by atoms with van der Waals surface area (Å²) in [5, 5.41) is 10.6. The first kappa shape index (κ1) is 12.7. The first-order valence-electron chi connectivity index (χ1n) is 6.49. The third-order valence-corrected chi connectivity index (χ3v) is 3.43. The smallest absolute Gasteiger partial charge is 0.218 e. The van der Waals surface area contributed by atoms with Crippen molar-refractivity contribution in [1.82, 2.24) is 9.55 Å². The highest BCUT2D eigenvalue weighted by Gasteiger charge is 2.09. The van der Waals surface area contributed by atoms with Crippen molar-refractivity contribution in [2.75, 3.05) is 7.11 Å². The van der Waals surface area contributed by atoms with Gasteiger partial charge in [0.2, 0.25) is 5.88 Å². The van der Waals surface area contributed by atoms with Crippen molar-refractivity contribution in [1.29, 1.82) is 0 Å². The first-order chi connectivity index (χ1) is 9.83. The van der Waals surface area contributed by atoms with Gasteiger partial charge in [-0.15, -0.1) is 0 Å². The molecule has 102 valence electrons. The Hall–Kier alpha value is -2.33. The maximum Gasteiger partial charge on any atom is 0.218 e. The molecule has 0 unspecified atom stereocenters. The van der Waals surface area contributed by atoms with Crippen LogP contribution < -0.4 is 4.74 Å². The van der Waals surface area contributed by atoms with Crippen LogP contribution in [0.3, 0.4) is 0 Å². The zero-order valence-electron chi connectivity index (χ0n) is 11.3. The van der Waals surface area contributed by atoms with Gasteiger partial charge >= 0.3 is 0 Å². The third-order valence-electron chi connectivity index (χ3n) is 3.43. The van der Waals surface area contributed by atoms with E-state index in [0.29, 0.717) is 12.4 Å². The summed E-state index contributed by atoms with van der Waals surface area (Å²) in [6.07, 6.45) is 3.74. The molecule has 4 heteroatoms. The molecule has 3 aromatic rings. The molecular formula is C16H16N2O2.